The molecule has 1 unspecified atom stereocenters. The average Bonchev–Trinajstić information content (AvgIpc) is 2.38. The highest BCUT2D eigenvalue weighted by atomic mass is 19.1. The first-order chi connectivity index (χ1) is 8.59. The van der Waals surface area contributed by atoms with Gasteiger partial charge in [-0.3, -0.25) is 0 Å². The molecule has 2 nitrogen and oxygen atoms in total. The van der Waals surface area contributed by atoms with Crippen LogP contribution >= 0.6 is 0 Å². The molecule has 0 aliphatic rings. The van der Waals surface area contributed by atoms with Gasteiger partial charge in [0.05, 0.1) is 5.69 Å². The predicted octanol–water partition coefficient (Wildman–Crippen LogP) is 3.61. The predicted molar refractivity (Wildman–Crippen MR) is 73.5 cm³/mol. The van der Waals surface area contributed by atoms with Crippen molar-refractivity contribution < 1.29 is 4.39 Å². The normalized spacial score (nSPS) is 12.2. The Balaban J connectivity index is 2.34. The van der Waals surface area contributed by atoms with Crippen LogP contribution in [-0.4, -0.2) is 7.05 Å². The summed E-state index contributed by atoms with van der Waals surface area (Å²) in [5.41, 5.74) is 8.04. The molecule has 0 amide bonds. The molecule has 0 saturated carbocycles. The molecule has 1 atom stereocenters. The Bertz CT molecular complexity index is 523. The van der Waals surface area contributed by atoms with Gasteiger partial charge in [-0.25, -0.2) is 4.39 Å². The van der Waals surface area contributed by atoms with Crippen LogP contribution in [-0.2, 0) is 0 Å². The van der Waals surface area contributed by atoms with Crippen LogP contribution in [0.3, 0.4) is 0 Å². The lowest BCUT2D eigenvalue weighted by molar-refractivity contribution is 0.622. The number of para-hydroxylation sites is 1. The number of hydrogen-bond acceptors (Lipinski definition) is 2. The van der Waals surface area contributed by atoms with Crippen LogP contribution in [0.1, 0.15) is 18.5 Å². The van der Waals surface area contributed by atoms with Crippen LogP contribution in [0.25, 0.3) is 0 Å². The van der Waals surface area contributed by atoms with Gasteiger partial charge < -0.3 is 10.6 Å². The van der Waals surface area contributed by atoms with Crippen molar-refractivity contribution in [2.75, 3.05) is 11.9 Å². The Morgan fingerprint density at radius 1 is 1.11 bits per heavy atom. The third-order valence-electron chi connectivity index (χ3n) is 3.00. The average molecular weight is 244 g/mol. The standard InChI is InChI=1S/C15H17FN2/c1-11(17)12-8-9-15(14(16)10-12)18(2)13-6-4-3-5-7-13/h3-11H,17H2,1-2H3. The van der Waals surface area contributed by atoms with Crippen molar-refractivity contribution in [2.24, 2.45) is 5.73 Å². The fourth-order valence-electron chi connectivity index (χ4n) is 1.87. The van der Waals surface area contributed by atoms with E-state index in [-0.39, 0.29) is 11.9 Å². The summed E-state index contributed by atoms with van der Waals surface area (Å²) in [6.07, 6.45) is 0. The van der Waals surface area contributed by atoms with Crippen LogP contribution in [0.15, 0.2) is 48.5 Å². The number of nitrogens with two attached hydrogens (primary N) is 1. The zero-order valence-corrected chi connectivity index (χ0v) is 10.6. The van der Waals surface area contributed by atoms with E-state index in [1.807, 2.05) is 55.3 Å². The summed E-state index contributed by atoms with van der Waals surface area (Å²) in [7, 11) is 1.85. The number of benzene rings is 2. The fraction of sp³-hybridized carbons (Fsp3) is 0.200. The van der Waals surface area contributed by atoms with Crippen LogP contribution in [0.5, 0.6) is 0 Å². The number of halogens is 1. The number of nitrogens with zero attached hydrogens (tertiary/aromatic N) is 1. The van der Waals surface area contributed by atoms with E-state index >= 15 is 0 Å². The molecule has 0 radical (unpaired) electrons. The van der Waals surface area contributed by atoms with Gasteiger partial charge in [0.1, 0.15) is 5.82 Å². The zero-order chi connectivity index (χ0) is 13.1. The summed E-state index contributed by atoms with van der Waals surface area (Å²) in [4.78, 5) is 1.82. The second-order valence-corrected chi connectivity index (χ2v) is 4.39. The number of rotatable bonds is 3. The van der Waals surface area contributed by atoms with Crippen molar-refractivity contribution in [1.29, 1.82) is 0 Å². The summed E-state index contributed by atoms with van der Waals surface area (Å²) in [5.74, 6) is -0.254. The largest absolute Gasteiger partial charge is 0.342 e. The second kappa shape index (κ2) is 5.19. The van der Waals surface area contributed by atoms with Gasteiger partial charge in [-0.1, -0.05) is 24.3 Å². The molecule has 0 aliphatic carbocycles. The molecule has 94 valence electrons. The summed E-state index contributed by atoms with van der Waals surface area (Å²) in [6.45, 7) is 1.84. The van der Waals surface area contributed by atoms with Crippen molar-refractivity contribution in [3.8, 4) is 0 Å². The molecule has 0 heterocycles. The van der Waals surface area contributed by atoms with Crippen LogP contribution in [0.2, 0.25) is 0 Å². The quantitative estimate of drug-likeness (QED) is 0.893. The van der Waals surface area contributed by atoms with Crippen molar-refractivity contribution in [3.63, 3.8) is 0 Å². The second-order valence-electron chi connectivity index (χ2n) is 4.39. The van der Waals surface area contributed by atoms with Gasteiger partial charge in [0, 0.05) is 18.8 Å². The van der Waals surface area contributed by atoms with Gasteiger partial charge in [0.2, 0.25) is 0 Å². The number of anilines is 2. The Hall–Kier alpha value is -1.87. The number of hydrogen-bond donors (Lipinski definition) is 1. The highest BCUT2D eigenvalue weighted by molar-refractivity contribution is 5.63. The van der Waals surface area contributed by atoms with Crippen LogP contribution < -0.4 is 10.6 Å². The van der Waals surface area contributed by atoms with Crippen LogP contribution in [0.4, 0.5) is 15.8 Å². The van der Waals surface area contributed by atoms with E-state index < -0.39 is 0 Å². The molecule has 2 aromatic carbocycles. The third kappa shape index (κ3) is 2.51. The lowest BCUT2D eigenvalue weighted by Crippen LogP contribution is -2.12. The highest BCUT2D eigenvalue weighted by Gasteiger charge is 2.11. The van der Waals surface area contributed by atoms with E-state index in [2.05, 4.69) is 0 Å². The lowest BCUT2D eigenvalue weighted by atomic mass is 10.1. The monoisotopic (exact) mass is 244 g/mol. The van der Waals surface area contributed by atoms with E-state index in [0.717, 1.165) is 11.3 Å². The summed E-state index contributed by atoms with van der Waals surface area (Å²) >= 11 is 0. The van der Waals surface area contributed by atoms with Gasteiger partial charge in [0.15, 0.2) is 0 Å². The fourth-order valence-corrected chi connectivity index (χ4v) is 1.87. The van der Waals surface area contributed by atoms with E-state index in [9.17, 15) is 4.39 Å². The van der Waals surface area contributed by atoms with Gasteiger partial charge >= 0.3 is 0 Å². The maximum atomic E-state index is 14.0. The Labute approximate surface area is 107 Å². The molecular formula is C15H17FN2. The summed E-state index contributed by atoms with van der Waals surface area (Å²) in [5, 5.41) is 0. The van der Waals surface area contributed by atoms with Crippen molar-refractivity contribution in [3.05, 3.63) is 59.9 Å². The van der Waals surface area contributed by atoms with E-state index in [1.54, 1.807) is 6.07 Å². The molecule has 0 aliphatic heterocycles. The first kappa shape index (κ1) is 12.6. The van der Waals surface area contributed by atoms with Crippen molar-refractivity contribution in [1.82, 2.24) is 0 Å². The Morgan fingerprint density at radius 2 is 1.78 bits per heavy atom. The SMILES string of the molecule is CC(N)c1ccc(N(C)c2ccccc2)c(F)c1. The lowest BCUT2D eigenvalue weighted by Gasteiger charge is -2.21. The minimum absolute atomic E-state index is 0.157. The molecule has 0 saturated heterocycles. The first-order valence-corrected chi connectivity index (χ1v) is 5.93. The molecule has 0 spiro atoms. The minimum atomic E-state index is -0.254. The molecule has 18 heavy (non-hydrogen) atoms. The molecule has 2 rings (SSSR count). The maximum Gasteiger partial charge on any atom is 0.147 e. The first-order valence-electron chi connectivity index (χ1n) is 5.93. The third-order valence-corrected chi connectivity index (χ3v) is 3.00. The zero-order valence-electron chi connectivity index (χ0n) is 10.6. The molecule has 0 bridgehead atoms. The molecule has 3 heteroatoms. The molecule has 2 aromatic rings. The van der Waals surface area contributed by atoms with E-state index in [4.69, 9.17) is 5.73 Å². The van der Waals surface area contributed by atoms with Gasteiger partial charge in [-0.05, 0) is 36.8 Å². The Kier molecular flexibility index (Phi) is 3.63. The van der Waals surface area contributed by atoms with E-state index in [0.29, 0.717) is 5.69 Å². The van der Waals surface area contributed by atoms with Gasteiger partial charge in [-0.2, -0.15) is 0 Å². The summed E-state index contributed by atoms with van der Waals surface area (Å²) in [6, 6.07) is 14.7. The molecule has 0 aromatic heterocycles. The van der Waals surface area contributed by atoms with Gasteiger partial charge in [0.25, 0.3) is 0 Å². The smallest absolute Gasteiger partial charge is 0.147 e. The van der Waals surface area contributed by atoms with Crippen molar-refractivity contribution in [2.45, 2.75) is 13.0 Å². The molecular weight excluding hydrogens is 227 g/mol. The molecule has 0 fully saturated rings. The van der Waals surface area contributed by atoms with Crippen LogP contribution in [0, 0.1) is 5.82 Å². The van der Waals surface area contributed by atoms with E-state index in [1.165, 1.54) is 6.07 Å². The summed E-state index contributed by atoms with van der Waals surface area (Å²) < 4.78 is 14.0. The highest BCUT2D eigenvalue weighted by Crippen LogP contribution is 2.27. The van der Waals surface area contributed by atoms with Gasteiger partial charge in [-0.15, -0.1) is 0 Å². The minimum Gasteiger partial charge on any atom is -0.342 e. The van der Waals surface area contributed by atoms with Crippen molar-refractivity contribution >= 4 is 11.4 Å². The maximum absolute atomic E-state index is 14.0. The molecule has 2 N–H and O–H groups in total. The Morgan fingerprint density at radius 3 is 2.33 bits per heavy atom. The topological polar surface area (TPSA) is 29.3 Å².